The minimum atomic E-state index is -0.173. The summed E-state index contributed by atoms with van der Waals surface area (Å²) in [5.74, 6) is 4.09. The minimum absolute atomic E-state index is 0.173. The lowest BCUT2D eigenvalue weighted by Crippen LogP contribution is -2.31. The summed E-state index contributed by atoms with van der Waals surface area (Å²) in [6.07, 6.45) is 1.70. The minimum Gasteiger partial charge on any atom is -0.497 e. The second-order valence-corrected chi connectivity index (χ2v) is 8.41. The van der Waals surface area contributed by atoms with E-state index in [1.807, 2.05) is 36.4 Å². The Hall–Kier alpha value is -4.17. The summed E-state index contributed by atoms with van der Waals surface area (Å²) in [6.45, 7) is 1.91. The van der Waals surface area contributed by atoms with Crippen LogP contribution in [0.1, 0.15) is 27.0 Å². The van der Waals surface area contributed by atoms with Crippen LogP contribution in [-0.2, 0) is 13.1 Å². The van der Waals surface area contributed by atoms with Gasteiger partial charge in [-0.3, -0.25) is 9.69 Å². The maximum absolute atomic E-state index is 13.2. The Morgan fingerprint density at radius 3 is 2.66 bits per heavy atom. The van der Waals surface area contributed by atoms with Gasteiger partial charge < -0.3 is 28.4 Å². The van der Waals surface area contributed by atoms with Gasteiger partial charge in [0.1, 0.15) is 29.7 Å². The first-order valence-electron chi connectivity index (χ1n) is 11.2. The first-order valence-corrected chi connectivity index (χ1v) is 11.2. The topological polar surface area (TPSA) is 75.7 Å². The number of hydrogen-bond acceptors (Lipinski definition) is 8. The van der Waals surface area contributed by atoms with E-state index >= 15 is 0 Å². The zero-order chi connectivity index (χ0) is 23.9. The molecule has 3 aromatic rings. The molecule has 0 saturated heterocycles. The Morgan fingerprint density at radius 1 is 0.943 bits per heavy atom. The molecule has 0 bridgehead atoms. The summed E-state index contributed by atoms with van der Waals surface area (Å²) in [4.78, 5) is 15.3. The van der Waals surface area contributed by atoms with Gasteiger partial charge in [-0.25, -0.2) is 0 Å². The van der Waals surface area contributed by atoms with Crippen molar-refractivity contribution in [2.24, 2.45) is 0 Å². The van der Waals surface area contributed by atoms with Crippen LogP contribution in [-0.4, -0.2) is 38.4 Å². The number of fused-ring (bicyclic) bond motifs is 4. The van der Waals surface area contributed by atoms with E-state index in [4.69, 9.17) is 28.4 Å². The second-order valence-electron chi connectivity index (χ2n) is 8.41. The highest BCUT2D eigenvalue weighted by Crippen LogP contribution is 2.43. The van der Waals surface area contributed by atoms with Crippen molar-refractivity contribution < 1.29 is 33.2 Å². The van der Waals surface area contributed by atoms with Crippen LogP contribution in [0.3, 0.4) is 0 Å². The Balaban J connectivity index is 1.26. The molecule has 3 aliphatic rings. The molecule has 0 N–H and O–H groups in total. The predicted molar refractivity (Wildman–Crippen MR) is 126 cm³/mol. The molecule has 0 aliphatic carbocycles. The summed E-state index contributed by atoms with van der Waals surface area (Å²) < 4.78 is 33.7. The molecule has 0 unspecified atom stereocenters. The third kappa shape index (κ3) is 3.81. The Kier molecular flexibility index (Phi) is 5.22. The number of rotatable bonds is 5. The zero-order valence-corrected chi connectivity index (χ0v) is 19.3. The highest BCUT2D eigenvalue weighted by molar-refractivity contribution is 6.15. The summed E-state index contributed by atoms with van der Waals surface area (Å²) in [6, 6.07) is 14.9. The SMILES string of the molecule is COc1ccc(/C=C2\Oc3c(ccc4c3CN(Cc3ccc5c(c3)OCO5)CO4)C2=O)c(OC)c1. The normalized spacial score (nSPS) is 17.0. The predicted octanol–water partition coefficient (Wildman–Crippen LogP) is 4.40. The number of methoxy groups -OCH3 is 2. The molecule has 0 fully saturated rings. The van der Waals surface area contributed by atoms with Gasteiger partial charge in [-0.15, -0.1) is 0 Å². The van der Waals surface area contributed by atoms with E-state index < -0.39 is 0 Å². The maximum atomic E-state index is 13.2. The summed E-state index contributed by atoms with van der Waals surface area (Å²) in [7, 11) is 3.17. The fourth-order valence-electron chi connectivity index (χ4n) is 4.48. The van der Waals surface area contributed by atoms with Gasteiger partial charge in [0, 0.05) is 24.7 Å². The van der Waals surface area contributed by atoms with E-state index in [1.165, 1.54) is 0 Å². The van der Waals surface area contributed by atoms with E-state index in [0.29, 0.717) is 42.6 Å². The van der Waals surface area contributed by atoms with Gasteiger partial charge in [0.15, 0.2) is 17.3 Å². The van der Waals surface area contributed by atoms with Crippen LogP contribution in [0.4, 0.5) is 0 Å². The third-order valence-corrected chi connectivity index (χ3v) is 6.25. The first kappa shape index (κ1) is 21.4. The Labute approximate surface area is 202 Å². The van der Waals surface area contributed by atoms with Crippen LogP contribution in [0.2, 0.25) is 0 Å². The molecular weight excluding hydrogens is 450 g/mol. The van der Waals surface area contributed by atoms with Crippen molar-refractivity contribution in [3.05, 3.63) is 76.5 Å². The Morgan fingerprint density at radius 2 is 1.80 bits per heavy atom. The maximum Gasteiger partial charge on any atom is 0.231 e. The average molecular weight is 473 g/mol. The first-order chi connectivity index (χ1) is 17.1. The van der Waals surface area contributed by atoms with Crippen LogP contribution in [0, 0.1) is 0 Å². The van der Waals surface area contributed by atoms with Gasteiger partial charge in [-0.05, 0) is 48.0 Å². The number of Topliss-reactive ketones (excluding diaryl/α,β-unsaturated/α-hetero) is 1. The molecule has 0 saturated carbocycles. The van der Waals surface area contributed by atoms with Gasteiger partial charge in [-0.1, -0.05) is 6.07 Å². The molecule has 178 valence electrons. The monoisotopic (exact) mass is 473 g/mol. The summed E-state index contributed by atoms with van der Waals surface area (Å²) in [5.41, 5.74) is 3.18. The standard InChI is InChI=1S/C27H23NO7/c1-30-18-5-4-17(23(11-18)31-2)10-25-26(29)19-6-8-21-20(27(19)35-25)13-28(14-32-21)12-16-3-7-22-24(9-16)34-15-33-22/h3-11H,12-15H2,1-2H3/b25-10-. The quantitative estimate of drug-likeness (QED) is 0.505. The van der Waals surface area contributed by atoms with Crippen LogP contribution in [0.25, 0.3) is 6.08 Å². The van der Waals surface area contributed by atoms with E-state index in [-0.39, 0.29) is 18.3 Å². The molecular formula is C27H23NO7. The number of nitrogens with zero attached hydrogens (tertiary/aromatic N) is 1. The van der Waals surface area contributed by atoms with Crippen LogP contribution in [0.15, 0.2) is 54.3 Å². The van der Waals surface area contributed by atoms with Crippen molar-refractivity contribution in [2.45, 2.75) is 13.1 Å². The van der Waals surface area contributed by atoms with Gasteiger partial charge in [0.25, 0.3) is 0 Å². The average Bonchev–Trinajstić information content (AvgIpc) is 3.48. The number of hydrogen-bond donors (Lipinski definition) is 0. The van der Waals surface area contributed by atoms with Crippen molar-refractivity contribution in [3.8, 4) is 34.5 Å². The van der Waals surface area contributed by atoms with Crippen molar-refractivity contribution in [3.63, 3.8) is 0 Å². The molecule has 0 aromatic heterocycles. The third-order valence-electron chi connectivity index (χ3n) is 6.25. The number of ether oxygens (including phenoxy) is 6. The van der Waals surface area contributed by atoms with Crippen molar-refractivity contribution in [2.75, 3.05) is 27.7 Å². The molecule has 8 heteroatoms. The lowest BCUT2D eigenvalue weighted by molar-refractivity contribution is 0.0872. The molecule has 35 heavy (non-hydrogen) atoms. The number of benzene rings is 3. The van der Waals surface area contributed by atoms with Gasteiger partial charge in [0.2, 0.25) is 12.6 Å². The Bertz CT molecular complexity index is 1360. The summed E-state index contributed by atoms with van der Waals surface area (Å²) in [5, 5.41) is 0. The number of allylic oxidation sites excluding steroid dienone is 1. The number of carbonyl (C=O) groups is 1. The lowest BCUT2D eigenvalue weighted by atomic mass is 10.0. The molecule has 8 nitrogen and oxygen atoms in total. The van der Waals surface area contributed by atoms with Crippen molar-refractivity contribution in [1.29, 1.82) is 0 Å². The fraction of sp³-hybridized carbons (Fsp3) is 0.222. The van der Waals surface area contributed by atoms with Gasteiger partial charge >= 0.3 is 0 Å². The highest BCUT2D eigenvalue weighted by atomic mass is 16.7. The highest BCUT2D eigenvalue weighted by Gasteiger charge is 2.34. The molecule has 6 rings (SSSR count). The van der Waals surface area contributed by atoms with Crippen molar-refractivity contribution in [1.82, 2.24) is 4.90 Å². The summed E-state index contributed by atoms with van der Waals surface area (Å²) >= 11 is 0. The number of ketones is 1. The molecule has 0 radical (unpaired) electrons. The fourth-order valence-corrected chi connectivity index (χ4v) is 4.48. The van der Waals surface area contributed by atoms with E-state index in [2.05, 4.69) is 4.90 Å². The molecule has 0 atom stereocenters. The largest absolute Gasteiger partial charge is 0.497 e. The molecule has 3 aliphatic heterocycles. The van der Waals surface area contributed by atoms with Crippen LogP contribution < -0.4 is 28.4 Å². The molecule has 0 spiro atoms. The van der Waals surface area contributed by atoms with E-state index in [1.54, 1.807) is 32.4 Å². The number of carbonyl (C=O) groups excluding carboxylic acids is 1. The van der Waals surface area contributed by atoms with Crippen molar-refractivity contribution >= 4 is 11.9 Å². The smallest absolute Gasteiger partial charge is 0.231 e. The van der Waals surface area contributed by atoms with Crippen LogP contribution in [0.5, 0.6) is 34.5 Å². The van der Waals surface area contributed by atoms with E-state index in [0.717, 1.165) is 33.9 Å². The van der Waals surface area contributed by atoms with Crippen LogP contribution >= 0.6 is 0 Å². The second kappa shape index (κ2) is 8.56. The molecule has 3 heterocycles. The van der Waals surface area contributed by atoms with Gasteiger partial charge in [-0.2, -0.15) is 0 Å². The zero-order valence-electron chi connectivity index (χ0n) is 19.3. The lowest BCUT2D eigenvalue weighted by Gasteiger charge is -2.29. The molecule has 3 aromatic carbocycles. The van der Waals surface area contributed by atoms with Gasteiger partial charge in [0.05, 0.1) is 25.3 Å². The van der Waals surface area contributed by atoms with E-state index in [9.17, 15) is 4.79 Å². The molecule has 0 amide bonds.